The number of pyridine rings is 1. The molecule has 10 heavy (non-hydrogen) atoms. The Hall–Kier alpha value is -0.600. The van der Waals surface area contributed by atoms with E-state index < -0.39 is 0 Å². The van der Waals surface area contributed by atoms with Crippen LogP contribution in [-0.4, -0.2) is 4.98 Å². The third kappa shape index (κ3) is 0.895. The molecule has 0 N–H and O–H groups in total. The Balaban J connectivity index is 2.86. The molecule has 0 bridgehead atoms. The maximum absolute atomic E-state index is 5.72. The number of halogens is 1. The lowest BCUT2D eigenvalue weighted by atomic mass is 10.4. The topological polar surface area (TPSA) is 12.9 Å². The van der Waals surface area contributed by atoms with Crippen molar-refractivity contribution in [1.29, 1.82) is 0 Å². The summed E-state index contributed by atoms with van der Waals surface area (Å²) in [5.41, 5.74) is 1.02. The first-order chi connectivity index (χ1) is 4.86. The van der Waals surface area contributed by atoms with Crippen LogP contribution in [0.5, 0.6) is 0 Å². The predicted molar refractivity (Wildman–Crippen MR) is 44.6 cm³/mol. The average molecular weight is 170 g/mol. The number of aromatic nitrogens is 1. The molecule has 0 aliphatic heterocycles. The van der Waals surface area contributed by atoms with Gasteiger partial charge in [-0.05, 0) is 17.5 Å². The zero-order valence-corrected chi connectivity index (χ0v) is 6.62. The molecule has 50 valence electrons. The van der Waals surface area contributed by atoms with Crippen molar-refractivity contribution in [2.45, 2.75) is 0 Å². The zero-order valence-electron chi connectivity index (χ0n) is 5.04. The van der Waals surface area contributed by atoms with Gasteiger partial charge in [0.1, 0.15) is 0 Å². The van der Waals surface area contributed by atoms with E-state index in [-0.39, 0.29) is 0 Å². The van der Waals surface area contributed by atoms with Crippen molar-refractivity contribution in [2.24, 2.45) is 0 Å². The molecule has 1 nitrogen and oxygen atoms in total. The Morgan fingerprint density at radius 2 is 2.40 bits per heavy atom. The summed E-state index contributed by atoms with van der Waals surface area (Å²) in [4.78, 5) is 4.12. The highest BCUT2D eigenvalue weighted by molar-refractivity contribution is 7.17. The Morgan fingerprint density at radius 1 is 1.50 bits per heavy atom. The van der Waals surface area contributed by atoms with Crippen LogP contribution in [0.15, 0.2) is 23.7 Å². The maximum Gasteiger partial charge on any atom is 0.0810 e. The Labute approximate surface area is 67.3 Å². The van der Waals surface area contributed by atoms with Gasteiger partial charge in [0.15, 0.2) is 0 Å². The Morgan fingerprint density at radius 3 is 3.30 bits per heavy atom. The van der Waals surface area contributed by atoms with E-state index in [0.29, 0.717) is 5.02 Å². The molecule has 2 aromatic heterocycles. The standard InChI is InChI=1S/C7H4ClNS/c8-5-3-7-6(9-4-5)1-2-10-7/h1-4H. The minimum absolute atomic E-state index is 0.704. The van der Waals surface area contributed by atoms with Crippen LogP contribution in [-0.2, 0) is 0 Å². The number of hydrogen-bond acceptors (Lipinski definition) is 2. The van der Waals surface area contributed by atoms with Gasteiger partial charge in [0.05, 0.1) is 15.2 Å². The molecule has 0 fully saturated rings. The summed E-state index contributed by atoms with van der Waals surface area (Å²) in [5, 5.41) is 2.71. The van der Waals surface area contributed by atoms with Gasteiger partial charge in [0.2, 0.25) is 0 Å². The number of thiophene rings is 1. The normalized spacial score (nSPS) is 10.5. The fraction of sp³-hybridized carbons (Fsp3) is 0. The van der Waals surface area contributed by atoms with Crippen LogP contribution in [0, 0.1) is 0 Å². The molecular weight excluding hydrogens is 166 g/mol. The first kappa shape index (κ1) is 6.13. The molecule has 0 aliphatic rings. The molecule has 0 saturated heterocycles. The summed E-state index contributed by atoms with van der Waals surface area (Å²) in [6.07, 6.45) is 1.66. The zero-order chi connectivity index (χ0) is 6.97. The highest BCUT2D eigenvalue weighted by atomic mass is 35.5. The second-order valence-corrected chi connectivity index (χ2v) is 3.34. The van der Waals surface area contributed by atoms with Crippen LogP contribution >= 0.6 is 22.9 Å². The van der Waals surface area contributed by atoms with Crippen molar-refractivity contribution in [2.75, 3.05) is 0 Å². The van der Waals surface area contributed by atoms with Crippen molar-refractivity contribution in [3.05, 3.63) is 28.7 Å². The molecule has 0 saturated carbocycles. The van der Waals surface area contributed by atoms with Gasteiger partial charge >= 0.3 is 0 Å². The first-order valence-corrected chi connectivity index (χ1v) is 4.11. The number of fused-ring (bicyclic) bond motifs is 1. The van der Waals surface area contributed by atoms with Crippen molar-refractivity contribution in [3.63, 3.8) is 0 Å². The molecule has 0 spiro atoms. The first-order valence-electron chi connectivity index (χ1n) is 2.85. The molecule has 0 radical (unpaired) electrons. The van der Waals surface area contributed by atoms with Gasteiger partial charge in [0.25, 0.3) is 0 Å². The summed E-state index contributed by atoms with van der Waals surface area (Å²) in [6.45, 7) is 0. The van der Waals surface area contributed by atoms with E-state index in [4.69, 9.17) is 11.6 Å². The van der Waals surface area contributed by atoms with Gasteiger partial charge in [-0.2, -0.15) is 0 Å². The molecule has 0 unspecified atom stereocenters. The van der Waals surface area contributed by atoms with Gasteiger partial charge in [-0.3, -0.25) is 4.98 Å². The van der Waals surface area contributed by atoms with Crippen LogP contribution in [0.1, 0.15) is 0 Å². The molecule has 2 rings (SSSR count). The van der Waals surface area contributed by atoms with Crippen molar-refractivity contribution in [1.82, 2.24) is 4.98 Å². The van der Waals surface area contributed by atoms with Crippen LogP contribution in [0.25, 0.3) is 10.2 Å². The molecule has 0 amide bonds. The Bertz CT molecular complexity index is 355. The smallest absolute Gasteiger partial charge is 0.0810 e. The monoisotopic (exact) mass is 169 g/mol. The van der Waals surface area contributed by atoms with Gasteiger partial charge in [0, 0.05) is 6.20 Å². The minimum Gasteiger partial charge on any atom is -0.254 e. The molecule has 0 aliphatic carbocycles. The quantitative estimate of drug-likeness (QED) is 0.591. The van der Waals surface area contributed by atoms with Gasteiger partial charge in [-0.15, -0.1) is 11.3 Å². The highest BCUT2D eigenvalue weighted by Gasteiger charge is 1.94. The summed E-state index contributed by atoms with van der Waals surface area (Å²) in [6, 6.07) is 3.91. The molecule has 2 heterocycles. The third-order valence-corrected chi connectivity index (χ3v) is 2.33. The highest BCUT2D eigenvalue weighted by Crippen LogP contribution is 2.21. The van der Waals surface area contributed by atoms with Crippen LogP contribution < -0.4 is 0 Å². The summed E-state index contributed by atoms with van der Waals surface area (Å²) in [7, 11) is 0. The number of nitrogens with zero attached hydrogens (tertiary/aromatic N) is 1. The van der Waals surface area contributed by atoms with Crippen LogP contribution in [0.3, 0.4) is 0 Å². The van der Waals surface area contributed by atoms with Crippen molar-refractivity contribution >= 4 is 33.2 Å². The maximum atomic E-state index is 5.72. The SMILES string of the molecule is Clc1cnc2ccsc2c1. The van der Waals surface area contributed by atoms with Crippen LogP contribution in [0.4, 0.5) is 0 Å². The largest absolute Gasteiger partial charge is 0.254 e. The Kier molecular flexibility index (Phi) is 1.36. The van der Waals surface area contributed by atoms with Gasteiger partial charge in [-0.1, -0.05) is 11.6 Å². The van der Waals surface area contributed by atoms with Gasteiger partial charge in [-0.25, -0.2) is 0 Å². The van der Waals surface area contributed by atoms with E-state index in [2.05, 4.69) is 4.98 Å². The summed E-state index contributed by atoms with van der Waals surface area (Å²) < 4.78 is 1.15. The molecule has 0 atom stereocenters. The third-order valence-electron chi connectivity index (χ3n) is 1.27. The molecular formula is C7H4ClNS. The minimum atomic E-state index is 0.704. The summed E-state index contributed by atoms with van der Waals surface area (Å²) >= 11 is 7.37. The predicted octanol–water partition coefficient (Wildman–Crippen LogP) is 2.95. The van der Waals surface area contributed by atoms with E-state index in [9.17, 15) is 0 Å². The fourth-order valence-electron chi connectivity index (χ4n) is 0.823. The fourth-order valence-corrected chi connectivity index (χ4v) is 1.83. The van der Waals surface area contributed by atoms with Crippen LogP contribution in [0.2, 0.25) is 5.02 Å². The van der Waals surface area contributed by atoms with E-state index in [1.54, 1.807) is 17.5 Å². The lowest BCUT2D eigenvalue weighted by molar-refractivity contribution is 1.43. The number of rotatable bonds is 0. The lowest BCUT2D eigenvalue weighted by Gasteiger charge is -1.87. The molecule has 2 aromatic rings. The van der Waals surface area contributed by atoms with E-state index in [0.717, 1.165) is 10.2 Å². The van der Waals surface area contributed by atoms with E-state index >= 15 is 0 Å². The van der Waals surface area contributed by atoms with E-state index in [1.165, 1.54) is 0 Å². The van der Waals surface area contributed by atoms with E-state index in [1.807, 2.05) is 17.5 Å². The number of hydrogen-bond donors (Lipinski definition) is 0. The van der Waals surface area contributed by atoms with Crippen molar-refractivity contribution in [3.8, 4) is 0 Å². The lowest BCUT2D eigenvalue weighted by Crippen LogP contribution is -1.69. The average Bonchev–Trinajstić information content (AvgIpc) is 2.33. The molecule has 0 aromatic carbocycles. The summed E-state index contributed by atoms with van der Waals surface area (Å²) in [5.74, 6) is 0. The molecule has 3 heteroatoms. The second kappa shape index (κ2) is 2.22. The van der Waals surface area contributed by atoms with Crippen molar-refractivity contribution < 1.29 is 0 Å². The second-order valence-electron chi connectivity index (χ2n) is 1.96. The van der Waals surface area contributed by atoms with Gasteiger partial charge < -0.3 is 0 Å².